The number of rotatable bonds is 6. The van der Waals surface area contributed by atoms with Gasteiger partial charge in [0.05, 0.1) is 0 Å². The number of nitrogens with one attached hydrogen (secondary N) is 1. The molecule has 0 aliphatic heterocycles. The third-order valence-electron chi connectivity index (χ3n) is 5.12. The van der Waals surface area contributed by atoms with Crippen molar-refractivity contribution in [3.8, 4) is 0 Å². The topological polar surface area (TPSA) is 49.3 Å². The van der Waals surface area contributed by atoms with E-state index in [9.17, 15) is 4.79 Å². The number of amides is 1. The van der Waals surface area contributed by atoms with Crippen molar-refractivity contribution >= 4 is 5.91 Å². The SMILES string of the molecule is CC(CO)CCCNC(=O)C1C2CCc3ccccc3C21. The first kappa shape index (κ1) is 14.6. The number of carbonyl (C=O) groups is 1. The molecule has 0 heterocycles. The number of aliphatic hydroxyl groups excluding tert-OH is 1. The average molecular weight is 287 g/mol. The summed E-state index contributed by atoms with van der Waals surface area (Å²) in [6, 6.07) is 8.58. The quantitative estimate of drug-likeness (QED) is 0.790. The molecule has 1 fully saturated rings. The van der Waals surface area contributed by atoms with Gasteiger partial charge in [0, 0.05) is 19.1 Å². The largest absolute Gasteiger partial charge is 0.396 e. The van der Waals surface area contributed by atoms with Crippen LogP contribution in [0, 0.1) is 17.8 Å². The van der Waals surface area contributed by atoms with Gasteiger partial charge < -0.3 is 10.4 Å². The predicted molar refractivity (Wildman–Crippen MR) is 83.0 cm³/mol. The zero-order chi connectivity index (χ0) is 14.8. The van der Waals surface area contributed by atoms with Gasteiger partial charge in [-0.2, -0.15) is 0 Å². The number of fused-ring (bicyclic) bond motifs is 3. The van der Waals surface area contributed by atoms with Gasteiger partial charge in [-0.05, 0) is 54.6 Å². The molecule has 1 amide bonds. The highest BCUT2D eigenvalue weighted by Gasteiger charge is 2.56. The minimum atomic E-state index is 0.198. The van der Waals surface area contributed by atoms with E-state index in [2.05, 4.69) is 29.6 Å². The molecule has 2 N–H and O–H groups in total. The number of aryl methyl sites for hydroxylation is 1. The van der Waals surface area contributed by atoms with E-state index in [1.54, 1.807) is 0 Å². The van der Waals surface area contributed by atoms with Crippen LogP contribution in [0.15, 0.2) is 24.3 Å². The number of hydrogen-bond acceptors (Lipinski definition) is 2. The van der Waals surface area contributed by atoms with Crippen LogP contribution >= 0.6 is 0 Å². The molecule has 0 spiro atoms. The average Bonchev–Trinajstić information content (AvgIpc) is 3.26. The van der Waals surface area contributed by atoms with Crippen LogP contribution in [0.1, 0.15) is 43.2 Å². The molecule has 1 aromatic carbocycles. The third-order valence-corrected chi connectivity index (χ3v) is 5.12. The fraction of sp³-hybridized carbons (Fsp3) is 0.611. The summed E-state index contributed by atoms with van der Waals surface area (Å²) in [6.07, 6.45) is 4.19. The summed E-state index contributed by atoms with van der Waals surface area (Å²) in [4.78, 5) is 12.3. The molecule has 4 atom stereocenters. The summed E-state index contributed by atoms with van der Waals surface area (Å²) in [6.45, 7) is 3.01. The monoisotopic (exact) mass is 287 g/mol. The van der Waals surface area contributed by atoms with Gasteiger partial charge in [-0.1, -0.05) is 31.2 Å². The van der Waals surface area contributed by atoms with Crippen molar-refractivity contribution in [1.29, 1.82) is 0 Å². The van der Waals surface area contributed by atoms with Crippen molar-refractivity contribution in [2.24, 2.45) is 17.8 Å². The maximum atomic E-state index is 12.3. The summed E-state index contributed by atoms with van der Waals surface area (Å²) in [5, 5.41) is 12.1. The highest BCUT2D eigenvalue weighted by molar-refractivity contribution is 5.84. The van der Waals surface area contributed by atoms with Gasteiger partial charge in [0.15, 0.2) is 0 Å². The number of aliphatic hydroxyl groups is 1. The first-order chi connectivity index (χ1) is 10.2. The van der Waals surface area contributed by atoms with Crippen LogP contribution < -0.4 is 5.32 Å². The Bertz CT molecular complexity index is 514. The second kappa shape index (κ2) is 6.18. The van der Waals surface area contributed by atoms with E-state index >= 15 is 0 Å². The number of benzene rings is 1. The van der Waals surface area contributed by atoms with Crippen LogP contribution in [0.4, 0.5) is 0 Å². The normalized spacial score (nSPS) is 27.4. The molecule has 2 aliphatic carbocycles. The van der Waals surface area contributed by atoms with Gasteiger partial charge in [0.2, 0.25) is 5.91 Å². The van der Waals surface area contributed by atoms with Crippen LogP contribution in [0.5, 0.6) is 0 Å². The highest BCUT2D eigenvalue weighted by Crippen LogP contribution is 2.59. The van der Waals surface area contributed by atoms with Crippen LogP contribution in [0.2, 0.25) is 0 Å². The minimum absolute atomic E-state index is 0.198. The van der Waals surface area contributed by atoms with E-state index in [0.29, 0.717) is 17.8 Å². The zero-order valence-electron chi connectivity index (χ0n) is 12.7. The lowest BCUT2D eigenvalue weighted by molar-refractivity contribution is -0.122. The Morgan fingerprint density at radius 2 is 2.24 bits per heavy atom. The van der Waals surface area contributed by atoms with Gasteiger partial charge in [0.1, 0.15) is 0 Å². The summed E-state index contributed by atoms with van der Waals surface area (Å²) >= 11 is 0. The third kappa shape index (κ3) is 2.98. The minimum Gasteiger partial charge on any atom is -0.396 e. The van der Waals surface area contributed by atoms with E-state index in [0.717, 1.165) is 32.2 Å². The molecular weight excluding hydrogens is 262 g/mol. The molecule has 2 aliphatic rings. The van der Waals surface area contributed by atoms with Crippen LogP contribution in [0.25, 0.3) is 0 Å². The molecule has 114 valence electrons. The lowest BCUT2D eigenvalue weighted by Crippen LogP contribution is -2.27. The fourth-order valence-corrected chi connectivity index (χ4v) is 3.80. The van der Waals surface area contributed by atoms with Crippen molar-refractivity contribution in [2.45, 2.75) is 38.5 Å². The van der Waals surface area contributed by atoms with Gasteiger partial charge in [-0.15, -0.1) is 0 Å². The van der Waals surface area contributed by atoms with Crippen molar-refractivity contribution < 1.29 is 9.90 Å². The summed E-state index contributed by atoms with van der Waals surface area (Å²) in [7, 11) is 0. The Labute approximate surface area is 126 Å². The van der Waals surface area contributed by atoms with Crippen molar-refractivity contribution in [3.05, 3.63) is 35.4 Å². The summed E-state index contributed by atoms with van der Waals surface area (Å²) in [5.41, 5.74) is 2.84. The van der Waals surface area contributed by atoms with E-state index < -0.39 is 0 Å². The van der Waals surface area contributed by atoms with E-state index in [1.165, 1.54) is 11.1 Å². The maximum Gasteiger partial charge on any atom is 0.224 e. The van der Waals surface area contributed by atoms with Crippen molar-refractivity contribution in [2.75, 3.05) is 13.2 Å². The highest BCUT2D eigenvalue weighted by atomic mass is 16.3. The van der Waals surface area contributed by atoms with Gasteiger partial charge in [-0.3, -0.25) is 4.79 Å². The Balaban J connectivity index is 1.50. The van der Waals surface area contributed by atoms with E-state index in [-0.39, 0.29) is 18.4 Å². The smallest absolute Gasteiger partial charge is 0.224 e. The Morgan fingerprint density at radius 1 is 1.43 bits per heavy atom. The molecule has 3 nitrogen and oxygen atoms in total. The summed E-state index contributed by atoms with van der Waals surface area (Å²) in [5.74, 6) is 1.79. The molecule has 3 rings (SSSR count). The van der Waals surface area contributed by atoms with Crippen molar-refractivity contribution in [1.82, 2.24) is 5.32 Å². The molecule has 0 saturated heterocycles. The van der Waals surface area contributed by atoms with Crippen LogP contribution in [-0.2, 0) is 11.2 Å². The number of carbonyl (C=O) groups excluding carboxylic acids is 1. The van der Waals surface area contributed by atoms with Crippen LogP contribution in [0.3, 0.4) is 0 Å². The molecule has 4 unspecified atom stereocenters. The first-order valence-corrected chi connectivity index (χ1v) is 8.18. The standard InChI is InChI=1S/C18H25NO2/c1-12(11-20)5-4-10-19-18(21)17-15-9-8-13-6-2-3-7-14(13)16(15)17/h2-3,6-7,12,15-17,20H,4-5,8-11H2,1H3,(H,19,21). The van der Waals surface area contributed by atoms with Crippen molar-refractivity contribution in [3.63, 3.8) is 0 Å². The second-order valence-corrected chi connectivity index (χ2v) is 6.67. The lowest BCUT2D eigenvalue weighted by atomic mass is 9.92. The lowest BCUT2D eigenvalue weighted by Gasteiger charge is -2.13. The maximum absolute atomic E-state index is 12.3. The molecule has 0 bridgehead atoms. The molecule has 0 radical (unpaired) electrons. The molecule has 1 aromatic rings. The van der Waals surface area contributed by atoms with Gasteiger partial charge in [0.25, 0.3) is 0 Å². The van der Waals surface area contributed by atoms with Gasteiger partial charge in [-0.25, -0.2) is 0 Å². The predicted octanol–water partition coefficient (Wildman–Crippen LogP) is 2.49. The van der Waals surface area contributed by atoms with Gasteiger partial charge >= 0.3 is 0 Å². The second-order valence-electron chi connectivity index (χ2n) is 6.67. The zero-order valence-corrected chi connectivity index (χ0v) is 12.7. The molecular formula is C18H25NO2. The first-order valence-electron chi connectivity index (χ1n) is 8.18. The Morgan fingerprint density at radius 3 is 3.05 bits per heavy atom. The van der Waals surface area contributed by atoms with E-state index in [4.69, 9.17) is 5.11 Å². The molecule has 1 saturated carbocycles. The molecule has 3 heteroatoms. The molecule has 0 aromatic heterocycles. The summed E-state index contributed by atoms with van der Waals surface area (Å²) < 4.78 is 0. The number of hydrogen-bond donors (Lipinski definition) is 2. The van der Waals surface area contributed by atoms with Crippen LogP contribution in [-0.4, -0.2) is 24.2 Å². The fourth-order valence-electron chi connectivity index (χ4n) is 3.80. The Kier molecular flexibility index (Phi) is 4.29. The van der Waals surface area contributed by atoms with E-state index in [1.807, 2.05) is 6.92 Å². The Hall–Kier alpha value is -1.35. The molecule has 21 heavy (non-hydrogen) atoms.